The second-order valence-electron chi connectivity index (χ2n) is 5.24. The van der Waals surface area contributed by atoms with E-state index in [1.807, 2.05) is 17.9 Å². The number of aliphatic hydroxyl groups is 1. The molecule has 1 aliphatic heterocycles. The maximum atomic E-state index is 13.9. The third-order valence-electron chi connectivity index (χ3n) is 3.74. The van der Waals surface area contributed by atoms with E-state index in [1.165, 1.54) is 6.07 Å². The lowest BCUT2D eigenvalue weighted by Gasteiger charge is -2.37. The topological polar surface area (TPSA) is 49.5 Å². The van der Waals surface area contributed by atoms with Crippen molar-refractivity contribution in [2.45, 2.75) is 32.4 Å². The predicted octanol–water partition coefficient (Wildman–Crippen LogP) is 2.05. The van der Waals surface area contributed by atoms with Gasteiger partial charge in [0.25, 0.3) is 0 Å². The van der Waals surface area contributed by atoms with Gasteiger partial charge in [-0.15, -0.1) is 0 Å². The number of hydrogen-bond donors (Lipinski definition) is 2. The highest BCUT2D eigenvalue weighted by molar-refractivity contribution is 5.56. The Balaban J connectivity index is 2.31. The van der Waals surface area contributed by atoms with E-state index in [-0.39, 0.29) is 18.0 Å². The molecule has 1 aromatic carbocycles. The van der Waals surface area contributed by atoms with E-state index >= 15 is 0 Å². The number of anilines is 1. The molecule has 100 valence electrons. The van der Waals surface area contributed by atoms with Crippen molar-refractivity contribution in [1.82, 2.24) is 0 Å². The summed E-state index contributed by atoms with van der Waals surface area (Å²) in [7, 11) is 0. The Morgan fingerprint density at radius 1 is 1.50 bits per heavy atom. The summed E-state index contributed by atoms with van der Waals surface area (Å²) in [5.41, 5.74) is 7.21. The van der Waals surface area contributed by atoms with E-state index in [2.05, 4.69) is 0 Å². The number of halogens is 1. The minimum atomic E-state index is -0.358. The van der Waals surface area contributed by atoms with Crippen LogP contribution in [0.1, 0.15) is 31.9 Å². The quantitative estimate of drug-likeness (QED) is 0.847. The van der Waals surface area contributed by atoms with E-state index in [0.717, 1.165) is 18.7 Å². The van der Waals surface area contributed by atoms with Gasteiger partial charge in [0.15, 0.2) is 0 Å². The fourth-order valence-corrected chi connectivity index (χ4v) is 2.52. The predicted molar refractivity (Wildman–Crippen MR) is 71.0 cm³/mol. The molecule has 3 nitrogen and oxygen atoms in total. The van der Waals surface area contributed by atoms with Gasteiger partial charge in [-0.2, -0.15) is 0 Å². The number of hydrogen-bond acceptors (Lipinski definition) is 3. The van der Waals surface area contributed by atoms with Crippen molar-refractivity contribution in [2.75, 3.05) is 18.0 Å². The normalized spacial score (nSPS) is 26.2. The van der Waals surface area contributed by atoms with Crippen LogP contribution in [0.5, 0.6) is 0 Å². The van der Waals surface area contributed by atoms with Crippen molar-refractivity contribution < 1.29 is 9.50 Å². The van der Waals surface area contributed by atoms with Gasteiger partial charge < -0.3 is 15.7 Å². The van der Waals surface area contributed by atoms with Gasteiger partial charge in [0.1, 0.15) is 5.82 Å². The first-order chi connectivity index (χ1) is 8.50. The lowest BCUT2D eigenvalue weighted by molar-refractivity contribution is 0.103. The van der Waals surface area contributed by atoms with Crippen molar-refractivity contribution in [1.29, 1.82) is 0 Å². The van der Waals surface area contributed by atoms with Crippen LogP contribution in [0.4, 0.5) is 10.1 Å². The first kappa shape index (κ1) is 13.3. The molecular formula is C14H21FN2O. The molecule has 1 saturated heterocycles. The number of rotatable bonds is 2. The maximum Gasteiger partial charge on any atom is 0.130 e. The zero-order chi connectivity index (χ0) is 13.3. The minimum Gasteiger partial charge on any atom is -0.391 e. The Kier molecular flexibility index (Phi) is 3.88. The van der Waals surface area contributed by atoms with E-state index in [1.54, 1.807) is 13.0 Å². The average Bonchev–Trinajstić information content (AvgIpc) is 2.32. The molecule has 0 saturated carbocycles. The highest BCUT2D eigenvalue weighted by atomic mass is 19.1. The second kappa shape index (κ2) is 5.24. The summed E-state index contributed by atoms with van der Waals surface area (Å²) < 4.78 is 13.9. The third kappa shape index (κ3) is 2.49. The van der Waals surface area contributed by atoms with Crippen molar-refractivity contribution in [3.63, 3.8) is 0 Å². The molecule has 3 atom stereocenters. The second-order valence-corrected chi connectivity index (χ2v) is 5.24. The van der Waals surface area contributed by atoms with Gasteiger partial charge in [-0.3, -0.25) is 0 Å². The molecule has 1 aliphatic rings. The Labute approximate surface area is 107 Å². The molecule has 0 amide bonds. The van der Waals surface area contributed by atoms with Crippen LogP contribution in [-0.4, -0.2) is 24.3 Å². The summed E-state index contributed by atoms with van der Waals surface area (Å²) in [5, 5.41) is 9.94. The van der Waals surface area contributed by atoms with Gasteiger partial charge in [-0.1, -0.05) is 13.0 Å². The van der Waals surface area contributed by atoms with Crippen LogP contribution in [0, 0.1) is 11.7 Å². The van der Waals surface area contributed by atoms with E-state index in [4.69, 9.17) is 5.73 Å². The van der Waals surface area contributed by atoms with E-state index < -0.39 is 0 Å². The average molecular weight is 252 g/mol. The molecular weight excluding hydrogens is 231 g/mol. The molecule has 1 heterocycles. The SMILES string of the molecule is CC(N)c1c(F)cccc1N1CCC(C)C(O)C1. The number of benzene rings is 1. The van der Waals surface area contributed by atoms with E-state index in [0.29, 0.717) is 18.0 Å². The van der Waals surface area contributed by atoms with Crippen molar-refractivity contribution in [3.8, 4) is 0 Å². The van der Waals surface area contributed by atoms with Crippen molar-refractivity contribution in [2.24, 2.45) is 11.7 Å². The van der Waals surface area contributed by atoms with E-state index in [9.17, 15) is 9.50 Å². The lowest BCUT2D eigenvalue weighted by atomic mass is 9.94. The van der Waals surface area contributed by atoms with Crippen molar-refractivity contribution >= 4 is 5.69 Å². The van der Waals surface area contributed by atoms with Crippen LogP contribution in [0.3, 0.4) is 0 Å². The van der Waals surface area contributed by atoms with Gasteiger partial charge in [-0.25, -0.2) is 4.39 Å². The van der Waals surface area contributed by atoms with Crippen molar-refractivity contribution in [3.05, 3.63) is 29.6 Å². The van der Waals surface area contributed by atoms with Crippen LogP contribution in [-0.2, 0) is 0 Å². The lowest BCUT2D eigenvalue weighted by Crippen LogP contribution is -2.43. The Morgan fingerprint density at radius 2 is 2.22 bits per heavy atom. The smallest absolute Gasteiger partial charge is 0.130 e. The summed E-state index contributed by atoms with van der Waals surface area (Å²) in [6.45, 7) is 5.21. The minimum absolute atomic E-state index is 0.268. The molecule has 1 aromatic rings. The molecule has 18 heavy (non-hydrogen) atoms. The number of piperidine rings is 1. The highest BCUT2D eigenvalue weighted by Crippen LogP contribution is 2.31. The maximum absolute atomic E-state index is 13.9. The van der Waals surface area contributed by atoms with Crippen LogP contribution in [0.25, 0.3) is 0 Å². The number of aliphatic hydroxyl groups excluding tert-OH is 1. The number of nitrogens with zero attached hydrogens (tertiary/aromatic N) is 1. The van der Waals surface area contributed by atoms with Gasteiger partial charge in [-0.05, 0) is 31.4 Å². The fourth-order valence-electron chi connectivity index (χ4n) is 2.52. The summed E-state index contributed by atoms with van der Waals surface area (Å²) in [5.74, 6) is 0.0316. The highest BCUT2D eigenvalue weighted by Gasteiger charge is 2.26. The van der Waals surface area contributed by atoms with Gasteiger partial charge >= 0.3 is 0 Å². The fraction of sp³-hybridized carbons (Fsp3) is 0.571. The summed E-state index contributed by atoms with van der Waals surface area (Å²) in [6, 6.07) is 4.66. The Bertz CT molecular complexity index is 422. The first-order valence-corrected chi connectivity index (χ1v) is 6.47. The number of β-amino-alcohol motifs (C(OH)–C–C–N with tert-alkyl or cyclic N) is 1. The summed E-state index contributed by atoms with van der Waals surface area (Å²) in [6.07, 6.45) is 0.554. The molecule has 4 heteroatoms. The molecule has 0 bridgehead atoms. The van der Waals surface area contributed by atoms with Crippen LogP contribution < -0.4 is 10.6 Å². The van der Waals surface area contributed by atoms with Crippen LogP contribution in [0.2, 0.25) is 0 Å². The number of nitrogens with two attached hydrogens (primary N) is 1. The standard InChI is InChI=1S/C14H21FN2O/c1-9-6-7-17(8-13(9)18)12-5-3-4-11(15)14(12)10(2)16/h3-5,9-10,13,18H,6-8,16H2,1-2H3. The third-order valence-corrected chi connectivity index (χ3v) is 3.74. The zero-order valence-electron chi connectivity index (χ0n) is 10.9. The zero-order valence-corrected chi connectivity index (χ0v) is 10.9. The summed E-state index contributed by atoms with van der Waals surface area (Å²) in [4.78, 5) is 2.03. The summed E-state index contributed by atoms with van der Waals surface area (Å²) >= 11 is 0. The largest absolute Gasteiger partial charge is 0.391 e. The molecule has 0 spiro atoms. The molecule has 3 N–H and O–H groups in total. The monoisotopic (exact) mass is 252 g/mol. The van der Waals surface area contributed by atoms with Crippen LogP contribution >= 0.6 is 0 Å². The van der Waals surface area contributed by atoms with Gasteiger partial charge in [0.2, 0.25) is 0 Å². The molecule has 1 fully saturated rings. The molecule has 0 radical (unpaired) electrons. The Hall–Kier alpha value is -1.13. The van der Waals surface area contributed by atoms with Crippen LogP contribution in [0.15, 0.2) is 18.2 Å². The molecule has 2 rings (SSSR count). The first-order valence-electron chi connectivity index (χ1n) is 6.47. The molecule has 3 unspecified atom stereocenters. The molecule has 0 aromatic heterocycles. The van der Waals surface area contributed by atoms with Gasteiger partial charge in [0, 0.05) is 30.4 Å². The Morgan fingerprint density at radius 3 is 2.83 bits per heavy atom. The van der Waals surface area contributed by atoms with Gasteiger partial charge in [0.05, 0.1) is 6.10 Å². The molecule has 0 aliphatic carbocycles.